The van der Waals surface area contributed by atoms with E-state index in [1.165, 1.54) is 23.2 Å². The van der Waals surface area contributed by atoms with Crippen molar-refractivity contribution in [3.05, 3.63) is 75.1 Å². The third-order valence-electron chi connectivity index (χ3n) is 4.33. The van der Waals surface area contributed by atoms with Gasteiger partial charge in [-0.25, -0.2) is 0 Å². The van der Waals surface area contributed by atoms with Gasteiger partial charge < -0.3 is 24.8 Å². The molecular formula is C19H17Cl2NZr. The van der Waals surface area contributed by atoms with Crippen LogP contribution in [-0.2, 0) is 23.2 Å². The number of fused-ring (bicyclic) bond motifs is 3. The number of allylic oxidation sites excluding steroid dienone is 4. The van der Waals surface area contributed by atoms with Crippen molar-refractivity contribution in [3.8, 4) is 11.1 Å². The molecule has 0 bridgehead atoms. The van der Waals surface area contributed by atoms with Gasteiger partial charge in [0.2, 0.25) is 0 Å². The van der Waals surface area contributed by atoms with Gasteiger partial charge in [-0.05, 0) is 0 Å². The predicted octanol–water partition coefficient (Wildman–Crippen LogP) is -1.27. The zero-order valence-electron chi connectivity index (χ0n) is 12.8. The topological polar surface area (TPSA) is 12.0 Å². The number of rotatable bonds is 3. The van der Waals surface area contributed by atoms with E-state index in [2.05, 4.69) is 66.0 Å². The Morgan fingerprint density at radius 2 is 1.78 bits per heavy atom. The van der Waals surface area contributed by atoms with E-state index in [1.807, 2.05) is 7.05 Å². The second-order valence-electron chi connectivity index (χ2n) is 5.51. The quantitative estimate of drug-likeness (QED) is 0.652. The summed E-state index contributed by atoms with van der Waals surface area (Å²) >= 11 is -0.649. The summed E-state index contributed by atoms with van der Waals surface area (Å²) in [5.74, 6) is 0. The summed E-state index contributed by atoms with van der Waals surface area (Å²) < 4.78 is 2.35. The molecule has 0 radical (unpaired) electrons. The summed E-state index contributed by atoms with van der Waals surface area (Å²) in [5, 5.41) is 3.41. The van der Waals surface area contributed by atoms with Crippen LogP contribution in [-0.4, -0.2) is 7.05 Å². The molecule has 2 aromatic rings. The molecule has 0 saturated heterocycles. The Bertz CT molecular complexity index is 768. The van der Waals surface area contributed by atoms with Gasteiger partial charge in [0.05, 0.1) is 0 Å². The molecule has 1 atom stereocenters. The first kappa shape index (κ1) is 18.5. The molecule has 1 unspecified atom stereocenters. The Morgan fingerprint density at radius 1 is 1.00 bits per heavy atom. The maximum atomic E-state index is 3.41. The van der Waals surface area contributed by atoms with E-state index in [1.54, 1.807) is 14.4 Å². The zero-order chi connectivity index (χ0) is 14.2. The van der Waals surface area contributed by atoms with E-state index < -0.39 is 23.2 Å². The molecule has 1 nitrogen and oxygen atoms in total. The van der Waals surface area contributed by atoms with Crippen molar-refractivity contribution in [1.82, 2.24) is 0 Å². The van der Waals surface area contributed by atoms with Crippen molar-refractivity contribution in [2.75, 3.05) is 12.4 Å². The van der Waals surface area contributed by atoms with Crippen molar-refractivity contribution in [3.63, 3.8) is 0 Å². The standard InChI is InChI=1S/C14H12N.C5H5.2ClH.Zr/c1-15-14-8-4-7-12-11-6-3-2-5-10(11)9-13(12)14;1-2-4-5-3-1;;;/h2-9,15H,1H3;1-3H,4H2;2*1H;/q;;;;+2/p-2. The molecule has 0 aliphatic heterocycles. The van der Waals surface area contributed by atoms with Gasteiger partial charge in [0.25, 0.3) is 0 Å². The van der Waals surface area contributed by atoms with Gasteiger partial charge in [0, 0.05) is 0 Å². The first-order chi connectivity index (χ1) is 10.4. The Hall–Kier alpha value is -0.817. The smallest absolute Gasteiger partial charge is 1.00 e. The molecule has 2 aliphatic rings. The van der Waals surface area contributed by atoms with Gasteiger partial charge in [-0.2, -0.15) is 0 Å². The Labute approximate surface area is 161 Å². The molecule has 23 heavy (non-hydrogen) atoms. The van der Waals surface area contributed by atoms with Crippen molar-refractivity contribution in [1.29, 1.82) is 0 Å². The van der Waals surface area contributed by atoms with Gasteiger partial charge in [0.15, 0.2) is 0 Å². The van der Waals surface area contributed by atoms with Crippen molar-refractivity contribution >= 4 is 5.69 Å². The average Bonchev–Trinajstić information content (AvgIpc) is 3.15. The molecule has 2 aromatic carbocycles. The van der Waals surface area contributed by atoms with Crippen molar-refractivity contribution < 1.29 is 48.0 Å². The number of hydrogen-bond acceptors (Lipinski definition) is 1. The second kappa shape index (κ2) is 7.84. The van der Waals surface area contributed by atoms with E-state index in [4.69, 9.17) is 0 Å². The van der Waals surface area contributed by atoms with E-state index in [-0.39, 0.29) is 24.8 Å². The van der Waals surface area contributed by atoms with Crippen LogP contribution in [0, 0.1) is 0 Å². The van der Waals surface area contributed by atoms with Gasteiger partial charge in [-0.15, -0.1) is 0 Å². The van der Waals surface area contributed by atoms with Gasteiger partial charge >= 0.3 is 138 Å². The van der Waals surface area contributed by atoms with E-state index in [0.29, 0.717) is 3.63 Å². The molecule has 4 heteroatoms. The zero-order valence-corrected chi connectivity index (χ0v) is 16.8. The summed E-state index contributed by atoms with van der Waals surface area (Å²) in [7, 11) is 2.04. The van der Waals surface area contributed by atoms with Crippen LogP contribution in [0.3, 0.4) is 0 Å². The second-order valence-corrected chi connectivity index (χ2v) is 9.21. The number of anilines is 1. The third-order valence-corrected chi connectivity index (χ3v) is 8.33. The minimum atomic E-state index is -0.649. The molecule has 0 fully saturated rings. The molecule has 0 saturated carbocycles. The fraction of sp³-hybridized carbons (Fsp3) is 0.158. The van der Waals surface area contributed by atoms with Crippen LogP contribution >= 0.6 is 0 Å². The molecule has 1 N–H and O–H groups in total. The Balaban J connectivity index is 0.000000960. The average molecular weight is 421 g/mol. The Kier molecular flexibility index (Phi) is 6.31. The van der Waals surface area contributed by atoms with Crippen LogP contribution in [0.2, 0.25) is 0 Å². The van der Waals surface area contributed by atoms with E-state index >= 15 is 0 Å². The van der Waals surface area contributed by atoms with Gasteiger partial charge in [0.1, 0.15) is 0 Å². The van der Waals surface area contributed by atoms with Gasteiger partial charge in [-0.1, -0.05) is 0 Å². The van der Waals surface area contributed by atoms with Crippen LogP contribution in [0.15, 0.2) is 64.0 Å². The maximum Gasteiger partial charge on any atom is -1.00 e. The fourth-order valence-electron chi connectivity index (χ4n) is 3.37. The van der Waals surface area contributed by atoms with Crippen molar-refractivity contribution in [2.24, 2.45) is 0 Å². The number of benzene rings is 2. The first-order valence-corrected chi connectivity index (χ1v) is 10.1. The van der Waals surface area contributed by atoms with Crippen LogP contribution in [0.5, 0.6) is 0 Å². The minimum Gasteiger partial charge on any atom is -1.00 e. The maximum absolute atomic E-state index is 3.41. The van der Waals surface area contributed by atoms with Crippen LogP contribution < -0.4 is 30.1 Å². The largest absolute Gasteiger partial charge is 1.00 e. The van der Waals surface area contributed by atoms with Crippen LogP contribution in [0.4, 0.5) is 5.69 Å². The molecule has 0 aromatic heterocycles. The molecule has 0 spiro atoms. The fourth-order valence-corrected chi connectivity index (χ4v) is 7.45. The summed E-state index contributed by atoms with van der Waals surface area (Å²) in [6, 6.07) is 15.7. The van der Waals surface area contributed by atoms with Crippen LogP contribution in [0.25, 0.3) is 11.1 Å². The summed E-state index contributed by atoms with van der Waals surface area (Å²) in [6.07, 6.45) is 8.06. The predicted molar refractivity (Wildman–Crippen MR) is 85.1 cm³/mol. The monoisotopic (exact) mass is 419 g/mol. The van der Waals surface area contributed by atoms with Crippen molar-refractivity contribution in [2.45, 2.75) is 10.0 Å². The molecule has 4 rings (SSSR count). The van der Waals surface area contributed by atoms with E-state index in [9.17, 15) is 0 Å². The Morgan fingerprint density at radius 3 is 2.52 bits per heavy atom. The van der Waals surface area contributed by atoms with E-state index in [0.717, 1.165) is 0 Å². The molecule has 2 aliphatic carbocycles. The molecule has 0 amide bonds. The number of nitrogens with one attached hydrogen (secondary N) is 1. The minimum absolute atomic E-state index is 0. The third kappa shape index (κ3) is 3.22. The summed E-state index contributed by atoms with van der Waals surface area (Å²) in [6.45, 7) is 0. The summed E-state index contributed by atoms with van der Waals surface area (Å²) in [5.41, 5.74) is 7.29. The SMILES string of the molecule is CNc1cccc2c1[CH]([Zr+2][C]1=CC=CC1)c1ccccc1-2.[Cl-].[Cl-]. The van der Waals surface area contributed by atoms with Gasteiger partial charge in [-0.3, -0.25) is 0 Å². The number of halogens is 2. The molecule has 116 valence electrons. The first-order valence-electron chi connectivity index (χ1n) is 7.40. The molecule has 0 heterocycles. The normalized spacial score (nSPS) is 16.4. The molecular weight excluding hydrogens is 404 g/mol. The van der Waals surface area contributed by atoms with Crippen LogP contribution in [0.1, 0.15) is 21.2 Å². The summed E-state index contributed by atoms with van der Waals surface area (Å²) in [4.78, 5) is 0. The number of hydrogen-bond donors (Lipinski definition) is 1.